The SMILES string of the molecule is O=S(=O)(CCC=C(F)F)c1ncc2ccccn12. The van der Waals surface area contributed by atoms with E-state index < -0.39 is 21.7 Å². The molecule has 0 unspecified atom stereocenters. The number of sulfone groups is 1. The zero-order valence-corrected chi connectivity index (χ0v) is 10.1. The summed E-state index contributed by atoms with van der Waals surface area (Å²) in [5.74, 6) is -0.391. The zero-order chi connectivity index (χ0) is 13.2. The van der Waals surface area contributed by atoms with Crippen molar-refractivity contribution in [3.63, 3.8) is 0 Å². The number of halogens is 2. The molecule has 0 N–H and O–H groups in total. The van der Waals surface area contributed by atoms with Crippen molar-refractivity contribution in [3.8, 4) is 0 Å². The van der Waals surface area contributed by atoms with Crippen molar-refractivity contribution in [1.82, 2.24) is 9.38 Å². The fraction of sp³-hybridized carbons (Fsp3) is 0.182. The number of pyridine rings is 1. The maximum absolute atomic E-state index is 11.9. The Balaban J connectivity index is 2.32. The van der Waals surface area contributed by atoms with E-state index in [0.717, 1.165) is 0 Å². The summed E-state index contributed by atoms with van der Waals surface area (Å²) >= 11 is 0. The van der Waals surface area contributed by atoms with Crippen LogP contribution >= 0.6 is 0 Å². The van der Waals surface area contributed by atoms with Gasteiger partial charge in [0.15, 0.2) is 0 Å². The lowest BCUT2D eigenvalue weighted by molar-refractivity contribution is 0.418. The topological polar surface area (TPSA) is 51.4 Å². The minimum absolute atomic E-state index is 0.120. The van der Waals surface area contributed by atoms with Gasteiger partial charge in [0.05, 0.1) is 17.5 Å². The molecule has 0 aromatic carbocycles. The predicted molar refractivity (Wildman–Crippen MR) is 62.2 cm³/mol. The molecule has 0 aliphatic carbocycles. The molecule has 2 aromatic heterocycles. The van der Waals surface area contributed by atoms with Crippen molar-refractivity contribution in [2.45, 2.75) is 11.6 Å². The molecule has 0 saturated heterocycles. The van der Waals surface area contributed by atoms with Gasteiger partial charge in [-0.25, -0.2) is 13.4 Å². The van der Waals surface area contributed by atoms with E-state index in [-0.39, 0.29) is 11.6 Å². The van der Waals surface area contributed by atoms with Crippen molar-refractivity contribution >= 4 is 15.4 Å². The lowest BCUT2D eigenvalue weighted by atomic mass is 10.4. The first-order valence-corrected chi connectivity index (χ1v) is 6.82. The van der Waals surface area contributed by atoms with Gasteiger partial charge in [-0.2, -0.15) is 8.78 Å². The minimum Gasteiger partial charge on any atom is -0.291 e. The van der Waals surface area contributed by atoms with Crippen molar-refractivity contribution in [2.75, 3.05) is 5.75 Å². The van der Waals surface area contributed by atoms with Crippen molar-refractivity contribution in [2.24, 2.45) is 0 Å². The molecule has 2 aromatic rings. The summed E-state index contributed by atoms with van der Waals surface area (Å²) in [6.07, 6.45) is 1.48. The maximum Gasteiger partial charge on any atom is 0.266 e. The van der Waals surface area contributed by atoms with Gasteiger partial charge < -0.3 is 0 Å². The van der Waals surface area contributed by atoms with Gasteiger partial charge in [0.2, 0.25) is 15.0 Å². The largest absolute Gasteiger partial charge is 0.291 e. The average Bonchev–Trinajstić information content (AvgIpc) is 2.72. The lowest BCUT2D eigenvalue weighted by Gasteiger charge is -2.01. The normalized spacial score (nSPS) is 11.7. The standard InChI is InChI=1S/C11H10F2N2O2S/c12-10(13)5-3-7-18(16,17)11-14-8-9-4-1-2-6-15(9)11/h1-2,4-6,8H,3,7H2. The quantitative estimate of drug-likeness (QED) is 0.858. The van der Waals surface area contributed by atoms with Crippen LogP contribution in [0.15, 0.2) is 47.9 Å². The van der Waals surface area contributed by atoms with E-state index in [1.165, 1.54) is 10.6 Å². The van der Waals surface area contributed by atoms with Gasteiger partial charge in [0.25, 0.3) is 6.08 Å². The third-order valence-electron chi connectivity index (χ3n) is 2.37. The second-order valence-electron chi connectivity index (χ2n) is 3.64. The third kappa shape index (κ3) is 2.56. The number of imidazole rings is 1. The van der Waals surface area contributed by atoms with Crippen LogP contribution in [0.2, 0.25) is 0 Å². The molecule has 0 aliphatic rings. The second-order valence-corrected chi connectivity index (χ2v) is 5.64. The molecule has 0 amide bonds. The Labute approximate surface area is 102 Å². The number of rotatable bonds is 4. The molecule has 2 heterocycles. The van der Waals surface area contributed by atoms with E-state index in [1.807, 2.05) is 0 Å². The average molecular weight is 272 g/mol. The highest BCUT2D eigenvalue weighted by atomic mass is 32.2. The van der Waals surface area contributed by atoms with Crippen LogP contribution < -0.4 is 0 Å². The van der Waals surface area contributed by atoms with Gasteiger partial charge in [-0.05, 0) is 24.6 Å². The molecule has 0 spiro atoms. The van der Waals surface area contributed by atoms with E-state index in [0.29, 0.717) is 11.6 Å². The number of aromatic nitrogens is 2. The molecule has 0 aliphatic heterocycles. The van der Waals surface area contributed by atoms with Gasteiger partial charge in [-0.15, -0.1) is 0 Å². The molecule has 2 rings (SSSR count). The summed E-state index contributed by atoms with van der Waals surface area (Å²) in [5, 5.41) is -0.120. The van der Waals surface area contributed by atoms with Crippen LogP contribution in [-0.2, 0) is 9.84 Å². The Hall–Kier alpha value is -1.76. The van der Waals surface area contributed by atoms with E-state index in [2.05, 4.69) is 4.98 Å². The fourth-order valence-electron chi connectivity index (χ4n) is 1.56. The zero-order valence-electron chi connectivity index (χ0n) is 9.25. The summed E-state index contributed by atoms with van der Waals surface area (Å²) in [7, 11) is -3.67. The molecule has 0 radical (unpaired) electrons. The summed E-state index contributed by atoms with van der Waals surface area (Å²) in [6, 6.07) is 5.15. The summed E-state index contributed by atoms with van der Waals surface area (Å²) in [5.41, 5.74) is 0.642. The molecular weight excluding hydrogens is 262 g/mol. The number of allylic oxidation sites excluding steroid dienone is 1. The summed E-state index contributed by atoms with van der Waals surface area (Å²) < 4.78 is 49.0. The van der Waals surface area contributed by atoms with Crippen LogP contribution in [0, 0.1) is 0 Å². The second kappa shape index (κ2) is 4.85. The Morgan fingerprint density at radius 2 is 2.17 bits per heavy atom. The molecule has 0 atom stereocenters. The Morgan fingerprint density at radius 1 is 1.39 bits per heavy atom. The monoisotopic (exact) mass is 272 g/mol. The molecule has 18 heavy (non-hydrogen) atoms. The van der Waals surface area contributed by atoms with E-state index in [4.69, 9.17) is 0 Å². The Bertz CT molecular complexity index is 688. The van der Waals surface area contributed by atoms with Crippen molar-refractivity contribution in [3.05, 3.63) is 42.7 Å². The lowest BCUT2D eigenvalue weighted by Crippen LogP contribution is -2.10. The van der Waals surface area contributed by atoms with Crippen LogP contribution in [0.25, 0.3) is 5.52 Å². The molecular formula is C11H10F2N2O2S. The predicted octanol–water partition coefficient (Wildman–Crippen LogP) is 2.28. The summed E-state index contributed by atoms with van der Waals surface area (Å²) in [6.45, 7) is 0. The highest BCUT2D eigenvalue weighted by Crippen LogP contribution is 2.14. The van der Waals surface area contributed by atoms with Crippen molar-refractivity contribution < 1.29 is 17.2 Å². The fourth-order valence-corrected chi connectivity index (χ4v) is 2.85. The number of nitrogens with zero attached hydrogens (tertiary/aromatic N) is 2. The maximum atomic E-state index is 11.9. The Kier molecular flexibility index (Phi) is 3.42. The van der Waals surface area contributed by atoms with Gasteiger partial charge in [-0.1, -0.05) is 6.07 Å². The first-order valence-electron chi connectivity index (χ1n) is 5.17. The number of hydrogen-bond donors (Lipinski definition) is 0. The first-order chi connectivity index (χ1) is 8.50. The van der Waals surface area contributed by atoms with Crippen LogP contribution in [0.4, 0.5) is 8.78 Å². The van der Waals surface area contributed by atoms with E-state index in [1.54, 1.807) is 24.4 Å². The first kappa shape index (κ1) is 12.7. The van der Waals surface area contributed by atoms with Gasteiger partial charge in [0.1, 0.15) is 0 Å². The molecule has 7 heteroatoms. The van der Waals surface area contributed by atoms with Crippen LogP contribution in [0.5, 0.6) is 0 Å². The van der Waals surface area contributed by atoms with Gasteiger partial charge in [0, 0.05) is 6.20 Å². The van der Waals surface area contributed by atoms with E-state index >= 15 is 0 Å². The summed E-state index contributed by atoms with van der Waals surface area (Å²) in [4.78, 5) is 3.83. The minimum atomic E-state index is -3.67. The number of hydrogen-bond acceptors (Lipinski definition) is 3. The van der Waals surface area contributed by atoms with Gasteiger partial charge in [-0.3, -0.25) is 4.40 Å². The highest BCUT2D eigenvalue weighted by Gasteiger charge is 2.19. The molecule has 0 fully saturated rings. The van der Waals surface area contributed by atoms with Crippen LogP contribution in [-0.4, -0.2) is 23.6 Å². The Morgan fingerprint density at radius 3 is 2.89 bits per heavy atom. The van der Waals surface area contributed by atoms with Gasteiger partial charge >= 0.3 is 0 Å². The highest BCUT2D eigenvalue weighted by molar-refractivity contribution is 7.91. The smallest absolute Gasteiger partial charge is 0.266 e. The third-order valence-corrected chi connectivity index (χ3v) is 4.00. The van der Waals surface area contributed by atoms with Crippen LogP contribution in [0.3, 0.4) is 0 Å². The molecule has 4 nitrogen and oxygen atoms in total. The van der Waals surface area contributed by atoms with Crippen molar-refractivity contribution in [1.29, 1.82) is 0 Å². The molecule has 96 valence electrons. The molecule has 0 saturated carbocycles. The molecule has 0 bridgehead atoms. The van der Waals surface area contributed by atoms with Crippen LogP contribution in [0.1, 0.15) is 6.42 Å². The number of fused-ring (bicyclic) bond motifs is 1. The van der Waals surface area contributed by atoms with E-state index in [9.17, 15) is 17.2 Å².